The molecule has 10 nitrogen and oxygen atoms in total. The second kappa shape index (κ2) is 10.5. The average molecular weight is 530 g/mol. The largest absolute Gasteiger partial charge is 0.492 e. The van der Waals surface area contributed by atoms with Crippen molar-refractivity contribution in [2.45, 2.75) is 17.2 Å². The molecule has 0 spiro atoms. The van der Waals surface area contributed by atoms with Crippen LogP contribution in [-0.4, -0.2) is 64.5 Å². The Hall–Kier alpha value is -3.66. The number of aliphatic hydroxyl groups excluding tert-OH is 2. The summed E-state index contributed by atoms with van der Waals surface area (Å²) in [6.45, 7) is -2.25. The fourth-order valence-corrected chi connectivity index (χ4v) is 4.46. The van der Waals surface area contributed by atoms with E-state index >= 15 is 0 Å². The van der Waals surface area contributed by atoms with Crippen molar-refractivity contribution in [2.75, 3.05) is 18.9 Å². The molecule has 15 heteroatoms. The second-order valence-corrected chi connectivity index (χ2v) is 9.02. The highest BCUT2D eigenvalue weighted by Gasteiger charge is 2.45. The summed E-state index contributed by atoms with van der Waals surface area (Å²) in [4.78, 5) is 22.3. The van der Waals surface area contributed by atoms with Crippen LogP contribution in [0.3, 0.4) is 0 Å². The maximum absolute atomic E-state index is 14.9. The van der Waals surface area contributed by atoms with E-state index in [9.17, 15) is 35.9 Å². The first-order valence-electron chi connectivity index (χ1n) is 9.92. The molecule has 1 atom stereocenters. The Bertz CT molecular complexity index is 1350. The number of nitrogens with zero attached hydrogens (tertiary/aromatic N) is 3. The number of rotatable bonds is 8. The van der Waals surface area contributed by atoms with Gasteiger partial charge in [-0.3, -0.25) is 0 Å². The molecule has 0 aliphatic heterocycles. The lowest BCUT2D eigenvalue weighted by Gasteiger charge is -2.24. The summed E-state index contributed by atoms with van der Waals surface area (Å²) in [5, 5.41) is 18.7. The van der Waals surface area contributed by atoms with Crippen molar-refractivity contribution in [3.8, 4) is 22.3 Å². The Balaban J connectivity index is 2.06. The molecule has 36 heavy (non-hydrogen) atoms. The number of hydrogen-bond acceptors (Lipinski definition) is 9. The summed E-state index contributed by atoms with van der Waals surface area (Å²) in [6.07, 6.45) is -4.88. The van der Waals surface area contributed by atoms with Gasteiger partial charge in [0.1, 0.15) is 5.82 Å². The maximum Gasteiger partial charge on any atom is 0.492 e. The molecule has 0 amide bonds. The monoisotopic (exact) mass is 530 g/mol. The number of carbonyl (C=O) groups excluding carboxylic acids is 1. The Labute approximate surface area is 201 Å². The number of aliphatic hydroxyl groups is 2. The molecule has 0 unspecified atom stereocenters. The minimum absolute atomic E-state index is 0.0107. The molecule has 0 bridgehead atoms. The van der Waals surface area contributed by atoms with E-state index in [-0.39, 0.29) is 32.7 Å². The first-order chi connectivity index (χ1) is 16.8. The zero-order valence-corrected chi connectivity index (χ0v) is 18.9. The molecule has 4 N–H and O–H groups in total. The van der Waals surface area contributed by atoms with Crippen molar-refractivity contribution >= 4 is 21.9 Å². The van der Waals surface area contributed by atoms with E-state index in [1.165, 1.54) is 42.7 Å². The third kappa shape index (κ3) is 5.93. The van der Waals surface area contributed by atoms with E-state index in [1.54, 1.807) is 0 Å². The highest BCUT2D eigenvalue weighted by atomic mass is 32.2. The lowest BCUT2D eigenvalue weighted by Crippen LogP contribution is -2.43. The molecule has 1 aromatic heterocycles. The lowest BCUT2D eigenvalue weighted by molar-refractivity contribution is -0.224. The van der Waals surface area contributed by atoms with Gasteiger partial charge in [-0.05, 0) is 22.2 Å². The molecule has 3 rings (SSSR count). The van der Waals surface area contributed by atoms with Crippen LogP contribution in [0.5, 0.6) is 0 Å². The van der Waals surface area contributed by atoms with Crippen molar-refractivity contribution in [1.29, 1.82) is 0 Å². The first-order valence-corrected chi connectivity index (χ1v) is 11.4. The van der Waals surface area contributed by atoms with Crippen molar-refractivity contribution in [2.24, 2.45) is 0 Å². The van der Waals surface area contributed by atoms with Crippen molar-refractivity contribution < 1.29 is 45.8 Å². The van der Waals surface area contributed by atoms with Crippen LogP contribution in [0.1, 0.15) is 0 Å². The first kappa shape index (κ1) is 26.9. The van der Waals surface area contributed by atoms with Gasteiger partial charge in [0.05, 0.1) is 24.2 Å². The number of nitrogen functional groups attached to an aromatic ring is 1. The number of halogens is 4. The topological polar surface area (TPSA) is 156 Å². The highest BCUT2D eigenvalue weighted by molar-refractivity contribution is 7.89. The predicted molar refractivity (Wildman–Crippen MR) is 116 cm³/mol. The van der Waals surface area contributed by atoms with Gasteiger partial charge in [0.2, 0.25) is 5.95 Å². The Morgan fingerprint density at radius 1 is 1.08 bits per heavy atom. The van der Waals surface area contributed by atoms with Gasteiger partial charge >= 0.3 is 12.1 Å². The van der Waals surface area contributed by atoms with Crippen LogP contribution >= 0.6 is 0 Å². The molecule has 0 aliphatic carbocycles. The molecular weight excluding hydrogens is 512 g/mol. The molecular formula is C21H18F4N4O6S. The van der Waals surface area contributed by atoms with Gasteiger partial charge in [0.25, 0.3) is 10.0 Å². The number of anilines is 1. The Morgan fingerprint density at radius 2 is 1.72 bits per heavy atom. The quantitative estimate of drug-likeness (QED) is 0.292. The van der Waals surface area contributed by atoms with Gasteiger partial charge in [-0.1, -0.05) is 30.3 Å². The standard InChI is InChI=1S/C21H18F4N4O6S/c22-17-7-12(5-6-15(17)13-8-27-20(26)28-9-13)16-3-1-2-4-18(16)36(33,34)29(10-14(31)11-30)35-19(32)21(23,24)25/h1-9,14,30-31H,10-11H2,(H2,26,27,28)/t14-/m0/s1. The van der Waals surface area contributed by atoms with Crippen LogP contribution in [0, 0.1) is 5.82 Å². The zero-order valence-electron chi connectivity index (χ0n) is 18.1. The molecule has 0 saturated heterocycles. The van der Waals surface area contributed by atoms with Crippen LogP contribution in [0.25, 0.3) is 22.3 Å². The Morgan fingerprint density at radius 3 is 2.31 bits per heavy atom. The maximum atomic E-state index is 14.9. The summed E-state index contributed by atoms with van der Waals surface area (Å²) in [6, 6.07) is 8.50. The zero-order chi connectivity index (χ0) is 26.7. The number of nitrogens with two attached hydrogens (primary N) is 1. The smallest absolute Gasteiger partial charge is 0.394 e. The Kier molecular flexibility index (Phi) is 7.88. The number of hydrogen-bond donors (Lipinski definition) is 3. The molecule has 1 heterocycles. The van der Waals surface area contributed by atoms with Crippen LogP contribution in [0.15, 0.2) is 59.8 Å². The van der Waals surface area contributed by atoms with Crippen molar-refractivity contribution in [3.05, 3.63) is 60.7 Å². The SMILES string of the molecule is Nc1ncc(-c2ccc(-c3ccccc3S(=O)(=O)N(C[C@H](O)CO)OC(=O)C(F)(F)F)cc2F)cn1. The van der Waals surface area contributed by atoms with Gasteiger partial charge in [-0.25, -0.2) is 27.6 Å². The van der Waals surface area contributed by atoms with Gasteiger partial charge < -0.3 is 20.8 Å². The summed E-state index contributed by atoms with van der Waals surface area (Å²) in [5.41, 5.74) is 5.61. The molecule has 0 saturated carbocycles. The number of aromatic nitrogens is 2. The molecule has 2 aromatic carbocycles. The number of hydroxylamine groups is 1. The molecule has 0 aliphatic rings. The molecule has 192 valence electrons. The van der Waals surface area contributed by atoms with E-state index in [2.05, 4.69) is 14.8 Å². The number of carbonyl (C=O) groups is 1. The van der Waals surface area contributed by atoms with Crippen LogP contribution in [0.2, 0.25) is 0 Å². The molecule has 0 radical (unpaired) electrons. The summed E-state index contributed by atoms with van der Waals surface area (Å²) in [7, 11) is -5.06. The van der Waals surface area contributed by atoms with Crippen LogP contribution < -0.4 is 5.73 Å². The average Bonchev–Trinajstić information content (AvgIpc) is 2.83. The minimum atomic E-state index is -5.55. The number of benzene rings is 2. The van der Waals surface area contributed by atoms with Gasteiger partial charge in [-0.15, -0.1) is 0 Å². The second-order valence-electron chi connectivity index (χ2n) is 7.22. The van der Waals surface area contributed by atoms with E-state index in [1.807, 2.05) is 0 Å². The minimum Gasteiger partial charge on any atom is -0.394 e. The summed E-state index contributed by atoms with van der Waals surface area (Å²) >= 11 is 0. The van der Waals surface area contributed by atoms with Crippen molar-refractivity contribution in [1.82, 2.24) is 14.4 Å². The predicted octanol–water partition coefficient (Wildman–Crippen LogP) is 1.90. The van der Waals surface area contributed by atoms with E-state index < -0.39 is 52.1 Å². The van der Waals surface area contributed by atoms with E-state index in [4.69, 9.17) is 10.8 Å². The lowest BCUT2D eigenvalue weighted by atomic mass is 10.0. The van der Waals surface area contributed by atoms with Gasteiger partial charge in [0, 0.05) is 29.1 Å². The number of alkyl halides is 3. The third-order valence-electron chi connectivity index (χ3n) is 4.68. The van der Waals surface area contributed by atoms with Gasteiger partial charge in [0.15, 0.2) is 0 Å². The van der Waals surface area contributed by atoms with Crippen molar-refractivity contribution in [3.63, 3.8) is 0 Å². The third-order valence-corrected chi connectivity index (χ3v) is 6.35. The summed E-state index contributed by atoms with van der Waals surface area (Å²) in [5.74, 6) is -3.70. The van der Waals surface area contributed by atoms with Gasteiger partial charge in [-0.2, -0.15) is 13.2 Å². The highest BCUT2D eigenvalue weighted by Crippen LogP contribution is 2.33. The fourth-order valence-electron chi connectivity index (χ4n) is 2.99. The normalized spacial score (nSPS) is 13.0. The van der Waals surface area contributed by atoms with Crippen LogP contribution in [-0.2, 0) is 19.7 Å². The molecule has 3 aromatic rings. The van der Waals surface area contributed by atoms with E-state index in [0.717, 1.165) is 12.1 Å². The summed E-state index contributed by atoms with van der Waals surface area (Å²) < 4.78 is 79.2. The van der Waals surface area contributed by atoms with E-state index in [0.29, 0.717) is 0 Å². The number of sulfonamides is 1. The fraction of sp³-hybridized carbons (Fsp3) is 0.190. The molecule has 0 fully saturated rings. The van der Waals surface area contributed by atoms with Crippen LogP contribution in [0.4, 0.5) is 23.5 Å².